The summed E-state index contributed by atoms with van der Waals surface area (Å²) >= 11 is 6.01. The molecule has 0 unspecified atom stereocenters. The number of nitrogens with zero attached hydrogens (tertiary/aromatic N) is 2. The molecule has 146 valence electrons. The Bertz CT molecular complexity index is 915. The lowest BCUT2D eigenvalue weighted by Gasteiger charge is -2.09. The summed E-state index contributed by atoms with van der Waals surface area (Å²) in [4.78, 5) is 33.9. The second-order valence-corrected chi connectivity index (χ2v) is 6.37. The Morgan fingerprint density at radius 3 is 2.64 bits per heavy atom. The van der Waals surface area contributed by atoms with Crippen molar-refractivity contribution in [3.8, 4) is 0 Å². The van der Waals surface area contributed by atoms with Crippen molar-refractivity contribution in [3.63, 3.8) is 0 Å². The molecule has 2 N–H and O–H groups in total. The Kier molecular flexibility index (Phi) is 7.65. The minimum atomic E-state index is -0.508. The van der Waals surface area contributed by atoms with Gasteiger partial charge in [-0.25, -0.2) is 5.43 Å². The molecule has 0 fully saturated rings. The van der Waals surface area contributed by atoms with E-state index in [1.54, 1.807) is 24.3 Å². The molecule has 0 aliphatic carbocycles. The van der Waals surface area contributed by atoms with E-state index in [-0.39, 0.29) is 30.3 Å². The Hall–Kier alpha value is -3.26. The Morgan fingerprint density at radius 2 is 1.89 bits per heavy atom. The molecule has 0 aliphatic heterocycles. The SMILES string of the molecule is Cc1c(Cl)cccc1NC(=O)CCCC(=O)N/N=C\c1cccc([N+](=O)[O-])c1. The third-order valence-corrected chi connectivity index (χ3v) is 4.24. The van der Waals surface area contributed by atoms with Gasteiger partial charge < -0.3 is 5.32 Å². The number of rotatable bonds is 8. The van der Waals surface area contributed by atoms with Crippen LogP contribution in [0.4, 0.5) is 11.4 Å². The first-order valence-corrected chi connectivity index (χ1v) is 8.86. The Balaban J connectivity index is 1.73. The maximum atomic E-state index is 12.0. The average Bonchev–Trinajstić information content (AvgIpc) is 2.65. The van der Waals surface area contributed by atoms with Crippen LogP contribution in [0.1, 0.15) is 30.4 Å². The molecular weight excluding hydrogens is 384 g/mol. The molecule has 0 atom stereocenters. The fourth-order valence-electron chi connectivity index (χ4n) is 2.32. The summed E-state index contributed by atoms with van der Waals surface area (Å²) in [5, 5.41) is 17.8. The molecule has 0 saturated carbocycles. The minimum absolute atomic E-state index is 0.0590. The van der Waals surface area contributed by atoms with E-state index in [0.29, 0.717) is 22.7 Å². The predicted molar refractivity (Wildman–Crippen MR) is 108 cm³/mol. The summed E-state index contributed by atoms with van der Waals surface area (Å²) in [5.41, 5.74) is 4.19. The first-order valence-electron chi connectivity index (χ1n) is 8.48. The molecule has 2 aromatic carbocycles. The standard InChI is InChI=1S/C19H19ClN4O4/c1-13-16(20)7-3-8-17(13)22-18(25)9-4-10-19(26)23-21-12-14-5-2-6-15(11-14)24(27)28/h2-3,5-8,11-12H,4,9-10H2,1H3,(H,22,25)(H,23,26)/b21-12-. The molecular formula is C19H19ClN4O4. The molecule has 0 heterocycles. The van der Waals surface area contributed by atoms with Gasteiger partial charge in [0.05, 0.1) is 11.1 Å². The summed E-state index contributed by atoms with van der Waals surface area (Å²) in [6.45, 7) is 1.81. The van der Waals surface area contributed by atoms with E-state index >= 15 is 0 Å². The molecule has 0 aromatic heterocycles. The third kappa shape index (κ3) is 6.48. The van der Waals surface area contributed by atoms with Crippen molar-refractivity contribution in [1.82, 2.24) is 5.43 Å². The van der Waals surface area contributed by atoms with Gasteiger partial charge in [-0.2, -0.15) is 5.10 Å². The second-order valence-electron chi connectivity index (χ2n) is 5.96. The van der Waals surface area contributed by atoms with E-state index in [2.05, 4.69) is 15.8 Å². The fraction of sp³-hybridized carbons (Fsp3) is 0.211. The van der Waals surface area contributed by atoms with Gasteiger partial charge >= 0.3 is 0 Å². The lowest BCUT2D eigenvalue weighted by molar-refractivity contribution is -0.384. The van der Waals surface area contributed by atoms with Crippen molar-refractivity contribution in [2.75, 3.05) is 5.32 Å². The van der Waals surface area contributed by atoms with E-state index < -0.39 is 4.92 Å². The molecule has 0 spiro atoms. The first-order chi connectivity index (χ1) is 13.4. The lowest BCUT2D eigenvalue weighted by Crippen LogP contribution is -2.18. The normalized spacial score (nSPS) is 10.6. The van der Waals surface area contributed by atoms with Crippen molar-refractivity contribution in [2.45, 2.75) is 26.2 Å². The molecule has 0 aliphatic rings. The van der Waals surface area contributed by atoms with Gasteiger partial charge in [-0.1, -0.05) is 29.8 Å². The summed E-state index contributed by atoms with van der Waals surface area (Å²) in [6, 6.07) is 11.1. The molecule has 2 rings (SSSR count). The Morgan fingerprint density at radius 1 is 1.18 bits per heavy atom. The van der Waals surface area contributed by atoms with Gasteiger partial charge in [-0.15, -0.1) is 0 Å². The number of nitro benzene ring substituents is 1. The van der Waals surface area contributed by atoms with Crippen molar-refractivity contribution in [2.24, 2.45) is 5.10 Å². The van der Waals surface area contributed by atoms with Crippen LogP contribution in [0.15, 0.2) is 47.6 Å². The predicted octanol–water partition coefficient (Wildman–Crippen LogP) is 3.82. The summed E-state index contributed by atoms with van der Waals surface area (Å²) in [5.74, 6) is -0.563. The molecule has 0 bridgehead atoms. The monoisotopic (exact) mass is 402 g/mol. The van der Waals surface area contributed by atoms with Crippen LogP contribution in [0.5, 0.6) is 0 Å². The highest BCUT2D eigenvalue weighted by Crippen LogP contribution is 2.23. The second kappa shape index (κ2) is 10.2. The molecule has 8 nitrogen and oxygen atoms in total. The number of carbonyl (C=O) groups excluding carboxylic acids is 2. The lowest BCUT2D eigenvalue weighted by atomic mass is 10.2. The zero-order valence-electron chi connectivity index (χ0n) is 15.1. The number of hydrogen-bond acceptors (Lipinski definition) is 5. The van der Waals surface area contributed by atoms with E-state index in [4.69, 9.17) is 11.6 Å². The molecule has 28 heavy (non-hydrogen) atoms. The molecule has 0 saturated heterocycles. The highest BCUT2D eigenvalue weighted by Gasteiger charge is 2.08. The quantitative estimate of drug-likeness (QED) is 0.397. The van der Waals surface area contributed by atoms with Crippen LogP contribution in [0.3, 0.4) is 0 Å². The maximum Gasteiger partial charge on any atom is 0.270 e. The van der Waals surface area contributed by atoms with Gasteiger partial charge in [0.25, 0.3) is 5.69 Å². The van der Waals surface area contributed by atoms with Crippen LogP contribution in [-0.4, -0.2) is 23.0 Å². The molecule has 9 heteroatoms. The van der Waals surface area contributed by atoms with E-state index in [0.717, 1.165) is 5.56 Å². The molecule has 2 amide bonds. The van der Waals surface area contributed by atoms with Gasteiger partial charge in [0, 0.05) is 41.2 Å². The number of halogens is 1. The number of hydrogen-bond donors (Lipinski definition) is 2. The summed E-state index contributed by atoms with van der Waals surface area (Å²) < 4.78 is 0. The number of benzene rings is 2. The number of non-ortho nitro benzene ring substituents is 1. The topological polar surface area (TPSA) is 114 Å². The molecule has 2 aromatic rings. The van der Waals surface area contributed by atoms with Gasteiger partial charge in [0.1, 0.15) is 0 Å². The zero-order chi connectivity index (χ0) is 20.5. The molecule has 0 radical (unpaired) electrons. The van der Waals surface area contributed by atoms with Crippen LogP contribution < -0.4 is 10.7 Å². The number of nitrogens with one attached hydrogen (secondary N) is 2. The van der Waals surface area contributed by atoms with Crippen molar-refractivity contribution >= 4 is 41.0 Å². The van der Waals surface area contributed by atoms with Crippen LogP contribution in [0, 0.1) is 17.0 Å². The summed E-state index contributed by atoms with van der Waals surface area (Å²) in [7, 11) is 0. The Labute approximate surface area is 166 Å². The largest absolute Gasteiger partial charge is 0.326 e. The van der Waals surface area contributed by atoms with Crippen LogP contribution >= 0.6 is 11.6 Å². The average molecular weight is 403 g/mol. The minimum Gasteiger partial charge on any atom is -0.326 e. The van der Waals surface area contributed by atoms with Gasteiger partial charge in [-0.3, -0.25) is 19.7 Å². The number of anilines is 1. The maximum absolute atomic E-state index is 12.0. The highest BCUT2D eigenvalue weighted by molar-refractivity contribution is 6.31. The number of carbonyl (C=O) groups is 2. The van der Waals surface area contributed by atoms with Crippen molar-refractivity contribution < 1.29 is 14.5 Å². The van der Waals surface area contributed by atoms with Crippen LogP contribution in [0.2, 0.25) is 5.02 Å². The van der Waals surface area contributed by atoms with E-state index in [1.807, 2.05) is 6.92 Å². The highest BCUT2D eigenvalue weighted by atomic mass is 35.5. The van der Waals surface area contributed by atoms with E-state index in [9.17, 15) is 19.7 Å². The fourth-order valence-corrected chi connectivity index (χ4v) is 2.49. The van der Waals surface area contributed by atoms with Gasteiger partial charge in [0.15, 0.2) is 0 Å². The number of nitro groups is 1. The first kappa shape index (κ1) is 21.0. The smallest absolute Gasteiger partial charge is 0.270 e. The van der Waals surface area contributed by atoms with Crippen molar-refractivity contribution in [1.29, 1.82) is 0 Å². The van der Waals surface area contributed by atoms with Gasteiger partial charge in [0.2, 0.25) is 11.8 Å². The summed E-state index contributed by atoms with van der Waals surface area (Å²) in [6.07, 6.45) is 1.96. The number of amides is 2. The number of hydrazone groups is 1. The van der Waals surface area contributed by atoms with Crippen LogP contribution in [-0.2, 0) is 9.59 Å². The van der Waals surface area contributed by atoms with E-state index in [1.165, 1.54) is 24.4 Å². The van der Waals surface area contributed by atoms with Crippen LogP contribution in [0.25, 0.3) is 0 Å². The zero-order valence-corrected chi connectivity index (χ0v) is 15.9. The van der Waals surface area contributed by atoms with Crippen molar-refractivity contribution in [3.05, 3.63) is 68.7 Å². The third-order valence-electron chi connectivity index (χ3n) is 3.83. The van der Waals surface area contributed by atoms with Gasteiger partial charge in [-0.05, 0) is 31.0 Å².